The van der Waals surface area contributed by atoms with Crippen LogP contribution in [-0.2, 0) is 0 Å². The van der Waals surface area contributed by atoms with Gasteiger partial charge in [-0.25, -0.2) is 0 Å². The Bertz CT molecular complexity index is 273. The van der Waals surface area contributed by atoms with Gasteiger partial charge in [0.05, 0.1) is 7.11 Å². The number of methoxy groups -OCH3 is 1. The van der Waals surface area contributed by atoms with Crippen LogP contribution < -0.4 is 4.74 Å². The lowest BCUT2D eigenvalue weighted by Crippen LogP contribution is -1.92. The van der Waals surface area contributed by atoms with Gasteiger partial charge in [0.1, 0.15) is 0 Å². The van der Waals surface area contributed by atoms with Crippen molar-refractivity contribution < 1.29 is 9.13 Å². The van der Waals surface area contributed by atoms with Gasteiger partial charge < -0.3 is 4.74 Å². The summed E-state index contributed by atoms with van der Waals surface area (Å²) in [6, 6.07) is 2.83. The maximum Gasteiger partial charge on any atom is 0.223 e. The highest BCUT2D eigenvalue weighted by Crippen LogP contribution is 2.15. The Labute approximate surface area is 64.3 Å². The molecule has 0 aliphatic carbocycles. The largest absolute Gasteiger partial charge is 0.480 e. The minimum Gasteiger partial charge on any atom is -0.480 e. The highest BCUT2D eigenvalue weighted by Gasteiger charge is 2.01. The number of rotatable bonds is 2. The van der Waals surface area contributed by atoms with Crippen LogP contribution in [0.15, 0.2) is 18.7 Å². The molecule has 0 atom stereocenters. The van der Waals surface area contributed by atoms with E-state index in [1.165, 1.54) is 13.2 Å². The Kier molecular flexibility index (Phi) is 2.21. The van der Waals surface area contributed by atoms with E-state index < -0.39 is 5.95 Å². The van der Waals surface area contributed by atoms with E-state index in [2.05, 4.69) is 11.6 Å². The van der Waals surface area contributed by atoms with Crippen LogP contribution in [0, 0.1) is 5.95 Å². The molecule has 0 radical (unpaired) electrons. The molecule has 11 heavy (non-hydrogen) atoms. The van der Waals surface area contributed by atoms with Crippen LogP contribution >= 0.6 is 0 Å². The Morgan fingerprint density at radius 3 is 2.91 bits per heavy atom. The van der Waals surface area contributed by atoms with Crippen LogP contribution in [0.3, 0.4) is 0 Å². The van der Waals surface area contributed by atoms with Gasteiger partial charge in [-0.1, -0.05) is 12.7 Å². The lowest BCUT2D eigenvalue weighted by Gasteiger charge is -2.01. The topological polar surface area (TPSA) is 22.1 Å². The molecule has 58 valence electrons. The van der Waals surface area contributed by atoms with Gasteiger partial charge in [-0.2, -0.15) is 9.37 Å². The molecule has 0 fully saturated rings. The van der Waals surface area contributed by atoms with E-state index in [4.69, 9.17) is 4.74 Å². The molecule has 2 nitrogen and oxygen atoms in total. The quantitative estimate of drug-likeness (QED) is 0.605. The summed E-state index contributed by atoms with van der Waals surface area (Å²) in [4.78, 5) is 3.50. The molecule has 0 N–H and O–H groups in total. The highest BCUT2D eigenvalue weighted by atomic mass is 19.1. The maximum atomic E-state index is 12.4. The molecule has 1 aromatic rings. The van der Waals surface area contributed by atoms with E-state index in [1.807, 2.05) is 0 Å². The van der Waals surface area contributed by atoms with Gasteiger partial charge in [0, 0.05) is 5.56 Å². The maximum absolute atomic E-state index is 12.4. The number of pyridine rings is 1. The first-order valence-electron chi connectivity index (χ1n) is 3.11. The summed E-state index contributed by atoms with van der Waals surface area (Å²) < 4.78 is 17.2. The molecule has 0 unspecified atom stereocenters. The summed E-state index contributed by atoms with van der Waals surface area (Å²) in [6.45, 7) is 3.53. The fraction of sp³-hybridized carbons (Fsp3) is 0.125. The normalized spacial score (nSPS) is 9.27. The second kappa shape index (κ2) is 3.14. The Morgan fingerprint density at radius 2 is 2.36 bits per heavy atom. The second-order valence-corrected chi connectivity index (χ2v) is 1.94. The van der Waals surface area contributed by atoms with Gasteiger partial charge in [-0.05, 0) is 12.1 Å². The molecule has 0 bridgehead atoms. The van der Waals surface area contributed by atoms with Crippen LogP contribution in [0.2, 0.25) is 0 Å². The summed E-state index contributed by atoms with van der Waals surface area (Å²) in [7, 11) is 1.44. The number of halogens is 1. The minimum atomic E-state index is -0.549. The second-order valence-electron chi connectivity index (χ2n) is 1.94. The molecule has 1 rings (SSSR count). The Hall–Kier alpha value is -1.38. The van der Waals surface area contributed by atoms with Crippen LogP contribution in [-0.4, -0.2) is 12.1 Å². The SMILES string of the molecule is C=Cc1ccc(F)nc1OC. The van der Waals surface area contributed by atoms with Crippen molar-refractivity contribution in [2.45, 2.75) is 0 Å². The van der Waals surface area contributed by atoms with Crippen LogP contribution in [0.4, 0.5) is 4.39 Å². The molecule has 0 aliphatic rings. The Morgan fingerprint density at radius 1 is 1.64 bits per heavy atom. The molecule has 0 spiro atoms. The van der Waals surface area contributed by atoms with E-state index in [1.54, 1.807) is 12.1 Å². The van der Waals surface area contributed by atoms with E-state index in [0.717, 1.165) is 0 Å². The third-order valence-electron chi connectivity index (χ3n) is 1.27. The van der Waals surface area contributed by atoms with Gasteiger partial charge in [0.15, 0.2) is 0 Å². The summed E-state index contributed by atoms with van der Waals surface area (Å²) in [6.07, 6.45) is 1.56. The van der Waals surface area contributed by atoms with Gasteiger partial charge >= 0.3 is 0 Å². The molecule has 1 heterocycles. The molecule has 0 saturated heterocycles. The third-order valence-corrected chi connectivity index (χ3v) is 1.27. The fourth-order valence-corrected chi connectivity index (χ4v) is 0.748. The molecule has 0 aromatic carbocycles. The smallest absolute Gasteiger partial charge is 0.223 e. The number of nitrogens with zero attached hydrogens (tertiary/aromatic N) is 1. The van der Waals surface area contributed by atoms with Crippen molar-refractivity contribution >= 4 is 6.08 Å². The van der Waals surface area contributed by atoms with Crippen molar-refractivity contribution in [1.82, 2.24) is 4.98 Å². The minimum absolute atomic E-state index is 0.264. The average molecular weight is 153 g/mol. The van der Waals surface area contributed by atoms with Gasteiger partial charge in [0.25, 0.3) is 0 Å². The first-order chi connectivity index (χ1) is 5.27. The monoisotopic (exact) mass is 153 g/mol. The third kappa shape index (κ3) is 1.55. The molecule has 3 heteroatoms. The van der Waals surface area contributed by atoms with Gasteiger partial charge in [-0.3, -0.25) is 0 Å². The fourth-order valence-electron chi connectivity index (χ4n) is 0.748. The number of hydrogen-bond acceptors (Lipinski definition) is 2. The summed E-state index contributed by atoms with van der Waals surface area (Å²) >= 11 is 0. The lowest BCUT2D eigenvalue weighted by molar-refractivity contribution is 0.386. The standard InChI is InChI=1S/C8H8FNO/c1-3-6-4-5-7(9)10-8(6)11-2/h3-5H,1H2,2H3. The van der Waals surface area contributed by atoms with Crippen LogP contribution in [0.5, 0.6) is 5.88 Å². The van der Waals surface area contributed by atoms with E-state index in [-0.39, 0.29) is 5.88 Å². The summed E-state index contributed by atoms with van der Waals surface area (Å²) in [5.74, 6) is -0.285. The number of aromatic nitrogens is 1. The molecule has 0 aliphatic heterocycles. The van der Waals surface area contributed by atoms with Crippen LogP contribution in [0.1, 0.15) is 5.56 Å². The zero-order valence-corrected chi connectivity index (χ0v) is 6.17. The van der Waals surface area contributed by atoms with Gasteiger partial charge in [-0.15, -0.1) is 0 Å². The predicted octanol–water partition coefficient (Wildman–Crippen LogP) is 1.87. The van der Waals surface area contributed by atoms with Crippen molar-refractivity contribution in [3.05, 3.63) is 30.2 Å². The number of ether oxygens (including phenoxy) is 1. The number of hydrogen-bond donors (Lipinski definition) is 0. The van der Waals surface area contributed by atoms with E-state index >= 15 is 0 Å². The zero-order chi connectivity index (χ0) is 8.27. The Balaban J connectivity index is 3.16. The molecular weight excluding hydrogens is 145 g/mol. The van der Waals surface area contributed by atoms with E-state index in [9.17, 15) is 4.39 Å². The first-order valence-corrected chi connectivity index (χ1v) is 3.11. The molecule has 1 aromatic heterocycles. The van der Waals surface area contributed by atoms with Crippen molar-refractivity contribution in [3.63, 3.8) is 0 Å². The first kappa shape index (κ1) is 7.72. The molecule has 0 saturated carbocycles. The molecule has 0 amide bonds. The van der Waals surface area contributed by atoms with Gasteiger partial charge in [0.2, 0.25) is 11.8 Å². The lowest BCUT2D eigenvalue weighted by atomic mass is 10.3. The predicted molar refractivity (Wildman–Crippen MR) is 40.8 cm³/mol. The van der Waals surface area contributed by atoms with Crippen molar-refractivity contribution in [2.75, 3.05) is 7.11 Å². The summed E-state index contributed by atoms with van der Waals surface area (Å²) in [5, 5.41) is 0. The zero-order valence-electron chi connectivity index (χ0n) is 6.17. The van der Waals surface area contributed by atoms with Crippen molar-refractivity contribution in [1.29, 1.82) is 0 Å². The van der Waals surface area contributed by atoms with E-state index in [0.29, 0.717) is 5.56 Å². The molecular formula is C8H8FNO. The summed E-state index contributed by atoms with van der Waals surface area (Å²) in [5.41, 5.74) is 0.689. The van der Waals surface area contributed by atoms with Crippen molar-refractivity contribution in [2.24, 2.45) is 0 Å². The van der Waals surface area contributed by atoms with Crippen LogP contribution in [0.25, 0.3) is 6.08 Å². The average Bonchev–Trinajstić information content (AvgIpc) is 2.04. The van der Waals surface area contributed by atoms with Crippen molar-refractivity contribution in [3.8, 4) is 5.88 Å². The highest BCUT2D eigenvalue weighted by molar-refractivity contribution is 5.52.